The van der Waals surface area contributed by atoms with E-state index in [0.717, 1.165) is 16.8 Å². The predicted octanol–water partition coefficient (Wildman–Crippen LogP) is 4.24. The van der Waals surface area contributed by atoms with Crippen LogP contribution in [0.15, 0.2) is 42.5 Å². The van der Waals surface area contributed by atoms with E-state index in [0.29, 0.717) is 18.2 Å². The van der Waals surface area contributed by atoms with E-state index < -0.39 is 0 Å². The minimum atomic E-state index is -0.334. The Labute approximate surface area is 117 Å². The van der Waals surface area contributed by atoms with E-state index in [-0.39, 0.29) is 5.82 Å². The van der Waals surface area contributed by atoms with Crippen molar-refractivity contribution in [2.24, 2.45) is 0 Å². The van der Waals surface area contributed by atoms with Crippen molar-refractivity contribution in [3.8, 4) is 0 Å². The van der Waals surface area contributed by atoms with E-state index in [1.54, 1.807) is 13.2 Å². The first-order valence-corrected chi connectivity index (χ1v) is 6.32. The van der Waals surface area contributed by atoms with Crippen LogP contribution in [0.3, 0.4) is 0 Å². The molecule has 0 radical (unpaired) electrons. The Morgan fingerprint density at radius 3 is 2.42 bits per heavy atom. The summed E-state index contributed by atoms with van der Waals surface area (Å²) in [5.74, 6) is -0.334. The molecule has 0 saturated carbocycles. The Bertz CT molecular complexity index is 542. The van der Waals surface area contributed by atoms with Crippen LogP contribution in [-0.2, 0) is 17.9 Å². The second-order valence-electron chi connectivity index (χ2n) is 4.23. The summed E-state index contributed by atoms with van der Waals surface area (Å²) in [6, 6.07) is 12.4. The van der Waals surface area contributed by atoms with Crippen molar-refractivity contribution in [1.82, 2.24) is 0 Å². The van der Waals surface area contributed by atoms with Gasteiger partial charge in [0.05, 0.1) is 17.3 Å². The van der Waals surface area contributed by atoms with Gasteiger partial charge in [0, 0.05) is 13.7 Å². The summed E-state index contributed by atoms with van der Waals surface area (Å²) in [5, 5.41) is 3.56. The molecule has 0 aliphatic heterocycles. The van der Waals surface area contributed by atoms with Gasteiger partial charge in [0.2, 0.25) is 0 Å². The summed E-state index contributed by atoms with van der Waals surface area (Å²) in [6.07, 6.45) is 0. The fraction of sp³-hybridized carbons (Fsp3) is 0.200. The molecule has 0 unspecified atom stereocenters. The number of ether oxygens (including phenoxy) is 1. The largest absolute Gasteiger partial charge is 0.380 e. The number of rotatable bonds is 5. The molecule has 2 aromatic carbocycles. The average Bonchev–Trinajstić information content (AvgIpc) is 2.40. The van der Waals surface area contributed by atoms with Crippen molar-refractivity contribution < 1.29 is 9.13 Å². The van der Waals surface area contributed by atoms with Crippen molar-refractivity contribution in [3.63, 3.8) is 0 Å². The zero-order valence-corrected chi connectivity index (χ0v) is 11.4. The van der Waals surface area contributed by atoms with Gasteiger partial charge in [-0.25, -0.2) is 4.39 Å². The average molecular weight is 280 g/mol. The lowest BCUT2D eigenvalue weighted by Crippen LogP contribution is -2.00. The molecule has 0 aliphatic rings. The van der Waals surface area contributed by atoms with Gasteiger partial charge in [-0.3, -0.25) is 0 Å². The van der Waals surface area contributed by atoms with Crippen molar-refractivity contribution in [2.75, 3.05) is 12.4 Å². The minimum absolute atomic E-state index is 0.334. The normalized spacial score (nSPS) is 10.5. The molecule has 0 aromatic heterocycles. The fourth-order valence-corrected chi connectivity index (χ4v) is 1.98. The van der Waals surface area contributed by atoms with Gasteiger partial charge in [-0.2, -0.15) is 0 Å². The number of benzene rings is 2. The van der Waals surface area contributed by atoms with Crippen LogP contribution in [0.1, 0.15) is 11.1 Å². The molecular formula is C15H15ClFNO. The Balaban J connectivity index is 1.98. The van der Waals surface area contributed by atoms with Crippen molar-refractivity contribution in [3.05, 3.63) is 64.4 Å². The molecule has 1 N–H and O–H groups in total. The number of methoxy groups -OCH3 is 1. The van der Waals surface area contributed by atoms with Gasteiger partial charge in [0.25, 0.3) is 0 Å². The van der Waals surface area contributed by atoms with Crippen LogP contribution < -0.4 is 5.32 Å². The molecule has 0 atom stereocenters. The molecule has 0 bridgehead atoms. The van der Waals surface area contributed by atoms with Crippen LogP contribution in [0.4, 0.5) is 10.1 Å². The highest BCUT2D eigenvalue weighted by atomic mass is 35.5. The molecule has 0 amide bonds. The van der Waals surface area contributed by atoms with Gasteiger partial charge in [-0.1, -0.05) is 35.9 Å². The molecule has 0 heterocycles. The molecule has 0 fully saturated rings. The molecule has 19 heavy (non-hydrogen) atoms. The van der Waals surface area contributed by atoms with Gasteiger partial charge in [0.15, 0.2) is 0 Å². The van der Waals surface area contributed by atoms with Crippen molar-refractivity contribution in [1.29, 1.82) is 0 Å². The monoisotopic (exact) mass is 279 g/mol. The second kappa shape index (κ2) is 6.55. The summed E-state index contributed by atoms with van der Waals surface area (Å²) in [4.78, 5) is 0. The lowest BCUT2D eigenvalue weighted by atomic mass is 10.1. The predicted molar refractivity (Wildman–Crippen MR) is 75.9 cm³/mol. The highest BCUT2D eigenvalue weighted by Gasteiger charge is 2.01. The Kier molecular flexibility index (Phi) is 4.77. The van der Waals surface area contributed by atoms with Crippen LogP contribution in [0.25, 0.3) is 0 Å². The molecule has 100 valence electrons. The van der Waals surface area contributed by atoms with Crippen LogP contribution in [-0.4, -0.2) is 7.11 Å². The van der Waals surface area contributed by atoms with Gasteiger partial charge >= 0.3 is 0 Å². The number of anilines is 1. The molecule has 4 heteroatoms. The van der Waals surface area contributed by atoms with Crippen LogP contribution in [0.2, 0.25) is 5.02 Å². The first-order chi connectivity index (χ1) is 9.19. The van der Waals surface area contributed by atoms with Crippen LogP contribution in [0.5, 0.6) is 0 Å². The quantitative estimate of drug-likeness (QED) is 0.884. The highest BCUT2D eigenvalue weighted by Crippen LogP contribution is 2.23. The van der Waals surface area contributed by atoms with E-state index in [2.05, 4.69) is 5.32 Å². The van der Waals surface area contributed by atoms with Crippen molar-refractivity contribution >= 4 is 17.3 Å². The molecule has 0 saturated heterocycles. The maximum absolute atomic E-state index is 12.9. The second-order valence-corrected chi connectivity index (χ2v) is 4.63. The molecule has 2 aromatic rings. The van der Waals surface area contributed by atoms with Gasteiger partial charge in [0.1, 0.15) is 5.82 Å². The summed E-state index contributed by atoms with van der Waals surface area (Å²) in [5.41, 5.74) is 2.98. The number of hydrogen-bond donors (Lipinski definition) is 1. The minimum Gasteiger partial charge on any atom is -0.380 e. The standard InChI is InChI=1S/C15H15ClFNO/c1-19-10-12-4-2-11(3-5-12)9-18-15-7-6-13(17)8-14(15)16/h2-8,18H,9-10H2,1H3. The van der Waals surface area contributed by atoms with E-state index in [1.807, 2.05) is 24.3 Å². The number of hydrogen-bond acceptors (Lipinski definition) is 2. The van der Waals surface area contributed by atoms with Gasteiger partial charge < -0.3 is 10.1 Å². The smallest absolute Gasteiger partial charge is 0.124 e. The fourth-order valence-electron chi connectivity index (χ4n) is 1.75. The van der Waals surface area contributed by atoms with Crippen molar-refractivity contribution in [2.45, 2.75) is 13.2 Å². The molecule has 0 spiro atoms. The lowest BCUT2D eigenvalue weighted by molar-refractivity contribution is 0.185. The number of halogens is 2. The first kappa shape index (κ1) is 13.8. The van der Waals surface area contributed by atoms with E-state index >= 15 is 0 Å². The molecule has 2 nitrogen and oxygen atoms in total. The molecular weight excluding hydrogens is 265 g/mol. The third kappa shape index (κ3) is 3.94. The highest BCUT2D eigenvalue weighted by molar-refractivity contribution is 6.33. The van der Waals surface area contributed by atoms with Crippen LogP contribution >= 0.6 is 11.6 Å². The Hall–Kier alpha value is -1.58. The topological polar surface area (TPSA) is 21.3 Å². The third-order valence-electron chi connectivity index (χ3n) is 2.75. The first-order valence-electron chi connectivity index (χ1n) is 5.94. The summed E-state index contributed by atoms with van der Waals surface area (Å²) in [7, 11) is 1.67. The lowest BCUT2D eigenvalue weighted by Gasteiger charge is -2.09. The molecule has 2 rings (SSSR count). The van der Waals surface area contributed by atoms with Gasteiger partial charge in [-0.15, -0.1) is 0 Å². The van der Waals surface area contributed by atoms with Gasteiger partial charge in [-0.05, 0) is 29.3 Å². The zero-order valence-electron chi connectivity index (χ0n) is 10.6. The molecule has 0 aliphatic carbocycles. The maximum Gasteiger partial charge on any atom is 0.124 e. The zero-order chi connectivity index (χ0) is 13.7. The van der Waals surface area contributed by atoms with Crippen LogP contribution in [0, 0.1) is 5.82 Å². The summed E-state index contributed by atoms with van der Waals surface area (Å²) in [6.45, 7) is 1.25. The van der Waals surface area contributed by atoms with E-state index in [4.69, 9.17) is 16.3 Å². The number of nitrogens with one attached hydrogen (secondary N) is 1. The SMILES string of the molecule is COCc1ccc(CNc2ccc(F)cc2Cl)cc1. The summed E-state index contributed by atoms with van der Waals surface area (Å²) < 4.78 is 18.0. The summed E-state index contributed by atoms with van der Waals surface area (Å²) >= 11 is 5.94. The Morgan fingerprint density at radius 1 is 1.11 bits per heavy atom. The third-order valence-corrected chi connectivity index (χ3v) is 3.06. The Morgan fingerprint density at radius 2 is 1.79 bits per heavy atom. The van der Waals surface area contributed by atoms with E-state index in [1.165, 1.54) is 12.1 Å². The van der Waals surface area contributed by atoms with E-state index in [9.17, 15) is 4.39 Å². The maximum atomic E-state index is 12.9.